The average Bonchev–Trinajstić information content (AvgIpc) is 3.25. The van der Waals surface area contributed by atoms with Gasteiger partial charge in [0.1, 0.15) is 5.82 Å². The van der Waals surface area contributed by atoms with Crippen LogP contribution in [0, 0.1) is 6.92 Å². The number of nitrogens with zero attached hydrogens (tertiary/aromatic N) is 3. The molecular formula is C20H30N4O4S. The molecule has 1 saturated carbocycles. The van der Waals surface area contributed by atoms with E-state index < -0.39 is 9.84 Å². The predicted molar refractivity (Wildman–Crippen MR) is 111 cm³/mol. The van der Waals surface area contributed by atoms with Crippen molar-refractivity contribution in [2.45, 2.75) is 51.1 Å². The van der Waals surface area contributed by atoms with Crippen LogP contribution in [0.25, 0.3) is 0 Å². The van der Waals surface area contributed by atoms with Gasteiger partial charge in [-0.15, -0.1) is 0 Å². The number of carbonyl (C=O) groups excluding carboxylic acids is 2. The summed E-state index contributed by atoms with van der Waals surface area (Å²) in [6, 6.07) is 5.26. The van der Waals surface area contributed by atoms with Crippen LogP contribution in [-0.2, 0) is 19.4 Å². The number of carbonyl (C=O) groups is 2. The number of pyridine rings is 1. The largest absolute Gasteiger partial charge is 0.335 e. The van der Waals surface area contributed by atoms with Crippen LogP contribution in [0.15, 0.2) is 18.2 Å². The van der Waals surface area contributed by atoms with Crippen molar-refractivity contribution in [3.8, 4) is 0 Å². The highest BCUT2D eigenvalue weighted by Gasteiger charge is 2.39. The highest BCUT2D eigenvalue weighted by molar-refractivity contribution is 7.91. The van der Waals surface area contributed by atoms with E-state index in [0.29, 0.717) is 12.2 Å². The highest BCUT2D eigenvalue weighted by Crippen LogP contribution is 2.29. The van der Waals surface area contributed by atoms with Crippen molar-refractivity contribution in [2.75, 3.05) is 37.0 Å². The first-order valence-corrected chi connectivity index (χ1v) is 12.0. The van der Waals surface area contributed by atoms with Gasteiger partial charge in [0.2, 0.25) is 11.8 Å². The molecule has 0 spiro atoms. The number of rotatable bonds is 7. The third kappa shape index (κ3) is 5.99. The number of hydrogen-bond donors (Lipinski definition) is 1. The molecule has 1 aromatic rings. The van der Waals surface area contributed by atoms with Gasteiger partial charge in [0.25, 0.3) is 0 Å². The van der Waals surface area contributed by atoms with Gasteiger partial charge in [-0.3, -0.25) is 14.5 Å². The van der Waals surface area contributed by atoms with Crippen LogP contribution in [0.5, 0.6) is 0 Å². The van der Waals surface area contributed by atoms with Crippen LogP contribution in [0.1, 0.15) is 37.8 Å². The molecule has 8 nitrogen and oxygen atoms in total. The molecule has 0 radical (unpaired) electrons. The van der Waals surface area contributed by atoms with E-state index in [9.17, 15) is 18.0 Å². The first kappa shape index (κ1) is 21.7. The van der Waals surface area contributed by atoms with Gasteiger partial charge in [-0.2, -0.15) is 0 Å². The summed E-state index contributed by atoms with van der Waals surface area (Å²) in [6.07, 6.45) is 4.48. The Labute approximate surface area is 172 Å². The Balaban J connectivity index is 1.58. The molecule has 3 rings (SSSR count). The fraction of sp³-hybridized carbons (Fsp3) is 0.650. The number of anilines is 1. The molecule has 9 heteroatoms. The normalized spacial score (nSPS) is 21.4. The second kappa shape index (κ2) is 9.21. The Kier molecular flexibility index (Phi) is 6.89. The van der Waals surface area contributed by atoms with E-state index in [-0.39, 0.29) is 48.5 Å². The van der Waals surface area contributed by atoms with Crippen LogP contribution >= 0.6 is 0 Å². The molecule has 29 heavy (non-hydrogen) atoms. The van der Waals surface area contributed by atoms with Crippen LogP contribution < -0.4 is 5.32 Å². The van der Waals surface area contributed by atoms with Gasteiger partial charge in [0.15, 0.2) is 9.84 Å². The van der Waals surface area contributed by atoms with Gasteiger partial charge < -0.3 is 10.2 Å². The number of likely N-dealkylation sites (N-methyl/N-ethyl adjacent to an activating group) is 1. The van der Waals surface area contributed by atoms with Gasteiger partial charge in [-0.1, -0.05) is 18.9 Å². The maximum absolute atomic E-state index is 13.1. The molecule has 160 valence electrons. The van der Waals surface area contributed by atoms with Crippen LogP contribution in [0.2, 0.25) is 0 Å². The predicted octanol–water partition coefficient (Wildman–Crippen LogP) is 1.22. The van der Waals surface area contributed by atoms with Crippen molar-refractivity contribution in [3.63, 3.8) is 0 Å². The lowest BCUT2D eigenvalue weighted by molar-refractivity contribution is -0.136. The Bertz CT molecular complexity index is 852. The highest BCUT2D eigenvalue weighted by atomic mass is 32.2. The molecule has 2 aliphatic rings. The van der Waals surface area contributed by atoms with E-state index in [0.717, 1.165) is 31.4 Å². The number of aryl methyl sites for hydroxylation is 1. The maximum Gasteiger partial charge on any atom is 0.239 e. The average molecular weight is 423 g/mol. The zero-order valence-corrected chi connectivity index (χ0v) is 18.0. The van der Waals surface area contributed by atoms with E-state index in [2.05, 4.69) is 10.3 Å². The topological polar surface area (TPSA) is 99.7 Å². The summed E-state index contributed by atoms with van der Waals surface area (Å²) in [6.45, 7) is 1.99. The van der Waals surface area contributed by atoms with Gasteiger partial charge in [-0.05, 0) is 45.4 Å². The second-order valence-electron chi connectivity index (χ2n) is 8.18. The molecule has 1 aromatic heterocycles. The first-order valence-electron chi connectivity index (χ1n) is 10.2. The molecular weight excluding hydrogens is 392 g/mol. The molecule has 2 amide bonds. The number of amides is 2. The Hall–Kier alpha value is -2.00. The summed E-state index contributed by atoms with van der Waals surface area (Å²) in [4.78, 5) is 33.1. The lowest BCUT2D eigenvalue weighted by Crippen LogP contribution is -2.50. The monoisotopic (exact) mass is 422 g/mol. The van der Waals surface area contributed by atoms with Gasteiger partial charge in [0, 0.05) is 17.8 Å². The van der Waals surface area contributed by atoms with Crippen molar-refractivity contribution < 1.29 is 18.0 Å². The van der Waals surface area contributed by atoms with E-state index >= 15 is 0 Å². The number of nitrogens with one attached hydrogen (secondary N) is 1. The molecule has 1 aliphatic carbocycles. The van der Waals surface area contributed by atoms with Crippen LogP contribution in [0.4, 0.5) is 5.82 Å². The molecule has 1 atom stereocenters. The van der Waals surface area contributed by atoms with Crippen molar-refractivity contribution in [2.24, 2.45) is 0 Å². The minimum absolute atomic E-state index is 0.0540. The van der Waals surface area contributed by atoms with E-state index in [1.165, 1.54) is 0 Å². The first-order chi connectivity index (χ1) is 13.7. The Morgan fingerprint density at radius 3 is 2.48 bits per heavy atom. The fourth-order valence-electron chi connectivity index (χ4n) is 4.29. The third-order valence-corrected chi connectivity index (χ3v) is 7.33. The standard InChI is InChI=1S/C20H30N4O4S/c1-15-6-5-9-18(21-15)22-19(25)12-23(2)13-20(26)24(16-7-3-4-8-16)17-10-11-29(27,28)14-17/h5-6,9,16-17H,3-4,7-8,10-14H2,1-2H3,(H,21,22,25). The van der Waals surface area contributed by atoms with E-state index in [1.807, 2.05) is 24.0 Å². The summed E-state index contributed by atoms with van der Waals surface area (Å²) in [5.74, 6) is 0.352. The maximum atomic E-state index is 13.1. The molecule has 1 aliphatic heterocycles. The van der Waals surface area contributed by atoms with Crippen molar-refractivity contribution in [1.82, 2.24) is 14.8 Å². The smallest absolute Gasteiger partial charge is 0.239 e. The lowest BCUT2D eigenvalue weighted by atomic mass is 10.1. The number of aromatic nitrogens is 1. The van der Waals surface area contributed by atoms with Crippen molar-refractivity contribution >= 4 is 27.5 Å². The fourth-order valence-corrected chi connectivity index (χ4v) is 6.00. The molecule has 1 saturated heterocycles. The molecule has 0 aromatic carbocycles. The zero-order chi connectivity index (χ0) is 21.0. The van der Waals surface area contributed by atoms with E-state index in [1.54, 1.807) is 18.0 Å². The van der Waals surface area contributed by atoms with E-state index in [4.69, 9.17) is 0 Å². The van der Waals surface area contributed by atoms with Gasteiger partial charge in [0.05, 0.1) is 24.6 Å². The molecule has 2 fully saturated rings. The lowest BCUT2D eigenvalue weighted by Gasteiger charge is -2.35. The summed E-state index contributed by atoms with van der Waals surface area (Å²) >= 11 is 0. The molecule has 0 bridgehead atoms. The molecule has 2 heterocycles. The van der Waals surface area contributed by atoms with Crippen molar-refractivity contribution in [3.05, 3.63) is 23.9 Å². The molecule has 1 N–H and O–H groups in total. The summed E-state index contributed by atoms with van der Waals surface area (Å²) in [5, 5.41) is 2.74. The summed E-state index contributed by atoms with van der Waals surface area (Å²) in [5.41, 5.74) is 0.810. The van der Waals surface area contributed by atoms with Crippen LogP contribution in [-0.4, -0.2) is 78.7 Å². The summed E-state index contributed by atoms with van der Waals surface area (Å²) < 4.78 is 23.9. The Morgan fingerprint density at radius 1 is 1.14 bits per heavy atom. The quantitative estimate of drug-likeness (QED) is 0.709. The van der Waals surface area contributed by atoms with Gasteiger partial charge in [-0.25, -0.2) is 13.4 Å². The van der Waals surface area contributed by atoms with Gasteiger partial charge >= 0.3 is 0 Å². The minimum Gasteiger partial charge on any atom is -0.335 e. The third-order valence-electron chi connectivity index (χ3n) is 5.58. The number of hydrogen-bond acceptors (Lipinski definition) is 6. The zero-order valence-electron chi connectivity index (χ0n) is 17.1. The second-order valence-corrected chi connectivity index (χ2v) is 10.4. The Morgan fingerprint density at radius 2 is 1.86 bits per heavy atom. The van der Waals surface area contributed by atoms with Crippen molar-refractivity contribution in [1.29, 1.82) is 0 Å². The minimum atomic E-state index is -3.07. The SMILES string of the molecule is Cc1cccc(NC(=O)CN(C)CC(=O)N(C2CCCC2)C2CCS(=O)(=O)C2)n1. The summed E-state index contributed by atoms with van der Waals surface area (Å²) in [7, 11) is -1.35. The number of sulfone groups is 1. The molecule has 1 unspecified atom stereocenters. The van der Waals surface area contributed by atoms with Crippen LogP contribution in [0.3, 0.4) is 0 Å².